The van der Waals surface area contributed by atoms with Crippen LogP contribution in [0.3, 0.4) is 0 Å². The summed E-state index contributed by atoms with van der Waals surface area (Å²) >= 11 is 0. The summed E-state index contributed by atoms with van der Waals surface area (Å²) in [5, 5.41) is 18.4. The number of hydrogen-bond acceptors (Lipinski definition) is 6. The number of hydrogen-bond donors (Lipinski definition) is 4. The lowest BCUT2D eigenvalue weighted by molar-refractivity contribution is 0.00192. The average Bonchev–Trinajstić information content (AvgIpc) is 3.05. The molecule has 8 heteroatoms. The highest BCUT2D eigenvalue weighted by atomic mass is 16.5. The number of aliphatic hydroxyl groups excluding tert-OH is 1. The number of carbonyl (C=O) groups is 1. The Morgan fingerprint density at radius 2 is 2.06 bits per heavy atom. The van der Waals surface area contributed by atoms with Crippen molar-refractivity contribution in [2.45, 2.75) is 96.5 Å². The topological polar surface area (TPSA) is 112 Å². The Balaban J connectivity index is 1.67. The van der Waals surface area contributed by atoms with Crippen LogP contribution in [0.5, 0.6) is 5.75 Å². The second kappa shape index (κ2) is 9.04. The Hall–Kier alpha value is -2.74. The molecule has 5 unspecified atom stereocenters. The number of fused-ring (bicyclic) bond motifs is 2. The van der Waals surface area contributed by atoms with Gasteiger partial charge in [0.1, 0.15) is 17.7 Å². The lowest BCUT2D eigenvalue weighted by Gasteiger charge is -2.51. The van der Waals surface area contributed by atoms with Crippen LogP contribution in [0.2, 0.25) is 0 Å². The van der Waals surface area contributed by atoms with E-state index < -0.39 is 17.7 Å². The van der Waals surface area contributed by atoms with E-state index in [4.69, 9.17) is 15.5 Å². The van der Waals surface area contributed by atoms with E-state index in [1.807, 2.05) is 39.8 Å². The molecule has 5 atom stereocenters. The van der Waals surface area contributed by atoms with Gasteiger partial charge in [0.15, 0.2) is 0 Å². The summed E-state index contributed by atoms with van der Waals surface area (Å²) in [5.41, 5.74) is 8.03. The van der Waals surface area contributed by atoms with E-state index in [0.717, 1.165) is 23.4 Å². The molecule has 0 radical (unpaired) electrons. The number of amides is 1. The monoisotopic (exact) mass is 483 g/mol. The second-order valence-electron chi connectivity index (χ2n) is 11.2. The Morgan fingerprint density at radius 1 is 1.34 bits per heavy atom. The van der Waals surface area contributed by atoms with Gasteiger partial charge >= 0.3 is 0 Å². The summed E-state index contributed by atoms with van der Waals surface area (Å²) in [4.78, 5) is 20.5. The molecule has 1 aromatic rings. The van der Waals surface area contributed by atoms with E-state index in [-0.39, 0.29) is 23.4 Å². The fourth-order valence-corrected chi connectivity index (χ4v) is 5.85. The largest absolute Gasteiger partial charge is 0.492 e. The van der Waals surface area contributed by atoms with Crippen LogP contribution < -0.4 is 21.1 Å². The summed E-state index contributed by atoms with van der Waals surface area (Å²) in [7, 11) is 0. The first-order valence-corrected chi connectivity index (χ1v) is 12.7. The Morgan fingerprint density at radius 3 is 2.71 bits per heavy atom. The maximum Gasteiger partial charge on any atom is 0.255 e. The molecule has 4 rings (SSSR count). The zero-order chi connectivity index (χ0) is 25.7. The molecule has 1 aromatic carbocycles. The van der Waals surface area contributed by atoms with E-state index in [9.17, 15) is 9.90 Å². The molecule has 35 heavy (non-hydrogen) atoms. The first kappa shape index (κ1) is 25.4. The molecule has 3 heterocycles. The number of aliphatic imine (C=N–C) groups is 1. The van der Waals surface area contributed by atoms with Crippen LogP contribution in [-0.4, -0.2) is 64.7 Å². The van der Waals surface area contributed by atoms with E-state index >= 15 is 0 Å². The third kappa shape index (κ3) is 4.15. The number of amidine groups is 1. The van der Waals surface area contributed by atoms with Gasteiger partial charge in [-0.2, -0.15) is 0 Å². The molecular formula is C27H41N5O3. The highest BCUT2D eigenvalue weighted by Crippen LogP contribution is 2.43. The van der Waals surface area contributed by atoms with Crippen molar-refractivity contribution in [1.82, 2.24) is 15.5 Å². The molecule has 0 aromatic heterocycles. The molecule has 5 N–H and O–H groups in total. The molecule has 2 saturated heterocycles. The van der Waals surface area contributed by atoms with Crippen molar-refractivity contribution in [2.24, 2.45) is 10.7 Å². The fraction of sp³-hybridized carbons (Fsp3) is 0.630. The summed E-state index contributed by atoms with van der Waals surface area (Å²) in [6.45, 7) is 15.5. The van der Waals surface area contributed by atoms with Crippen molar-refractivity contribution >= 4 is 11.7 Å². The molecule has 0 spiro atoms. The number of nitrogens with one attached hydrogen (secondary N) is 2. The molecule has 0 saturated carbocycles. The van der Waals surface area contributed by atoms with Gasteiger partial charge in [-0.25, -0.2) is 0 Å². The third-order valence-corrected chi connectivity index (χ3v) is 8.07. The number of para-hydroxylation sites is 1. The minimum atomic E-state index is -0.847. The zero-order valence-electron chi connectivity index (χ0n) is 22.1. The molecule has 3 aliphatic heterocycles. The molecule has 192 valence electrons. The lowest BCUT2D eigenvalue weighted by Crippen LogP contribution is -2.68. The molecule has 2 fully saturated rings. The normalized spacial score (nSPS) is 31.7. The Bertz CT molecular complexity index is 1060. The van der Waals surface area contributed by atoms with Gasteiger partial charge in [0.25, 0.3) is 5.91 Å². The van der Waals surface area contributed by atoms with E-state index in [1.165, 1.54) is 0 Å². The van der Waals surface area contributed by atoms with Crippen molar-refractivity contribution in [3.05, 3.63) is 40.7 Å². The van der Waals surface area contributed by atoms with Gasteiger partial charge in [-0.15, -0.1) is 0 Å². The second-order valence-corrected chi connectivity index (χ2v) is 11.2. The van der Waals surface area contributed by atoms with Crippen molar-refractivity contribution in [3.63, 3.8) is 0 Å². The Labute approximate surface area is 209 Å². The van der Waals surface area contributed by atoms with Crippen LogP contribution in [0.25, 0.3) is 0 Å². The quantitative estimate of drug-likeness (QED) is 0.387. The number of nitrogens with two attached hydrogens (primary N) is 1. The zero-order valence-corrected chi connectivity index (χ0v) is 22.1. The van der Waals surface area contributed by atoms with Crippen LogP contribution in [-0.2, 0) is 5.41 Å². The highest BCUT2D eigenvalue weighted by Gasteiger charge is 2.59. The fourth-order valence-electron chi connectivity index (χ4n) is 5.85. The molecule has 0 bridgehead atoms. The number of nitrogens with zero attached hydrogens (tertiary/aromatic N) is 2. The number of benzene rings is 1. The van der Waals surface area contributed by atoms with Gasteiger partial charge < -0.3 is 31.1 Å². The lowest BCUT2D eigenvalue weighted by atomic mass is 9.79. The van der Waals surface area contributed by atoms with E-state index in [0.29, 0.717) is 36.7 Å². The van der Waals surface area contributed by atoms with Gasteiger partial charge in [-0.3, -0.25) is 9.79 Å². The predicted molar refractivity (Wildman–Crippen MR) is 139 cm³/mol. The summed E-state index contributed by atoms with van der Waals surface area (Å²) < 4.78 is 5.97. The maximum atomic E-state index is 13.5. The van der Waals surface area contributed by atoms with Crippen LogP contribution in [0.15, 0.2) is 34.6 Å². The number of carbonyl (C=O) groups excluding carboxylic acids is 1. The van der Waals surface area contributed by atoms with Gasteiger partial charge in [0, 0.05) is 24.6 Å². The molecular weight excluding hydrogens is 442 g/mol. The molecule has 3 aliphatic rings. The number of allylic oxidation sites excluding steroid dienone is 1. The van der Waals surface area contributed by atoms with Gasteiger partial charge in [0.05, 0.1) is 35.6 Å². The van der Waals surface area contributed by atoms with E-state index in [2.05, 4.69) is 36.3 Å². The number of aliphatic hydroxyl groups is 1. The van der Waals surface area contributed by atoms with Crippen molar-refractivity contribution < 1.29 is 14.6 Å². The Kier molecular flexibility index (Phi) is 6.55. The van der Waals surface area contributed by atoms with Gasteiger partial charge in [-0.1, -0.05) is 32.9 Å². The minimum Gasteiger partial charge on any atom is -0.492 e. The van der Waals surface area contributed by atoms with Crippen LogP contribution in [0.1, 0.15) is 77.2 Å². The van der Waals surface area contributed by atoms with Crippen LogP contribution in [0.4, 0.5) is 0 Å². The smallest absolute Gasteiger partial charge is 0.255 e. The SMILES string of the molecule is CCC(N)=NC1C(C)NC(=C(C)C)N2CC(NC(=O)c3cccc4c3OCCC4(C)C)C(O)C12C. The molecule has 0 aliphatic carbocycles. The maximum absolute atomic E-state index is 13.5. The van der Waals surface area contributed by atoms with Crippen molar-refractivity contribution in [2.75, 3.05) is 13.2 Å². The number of rotatable bonds is 4. The summed E-state index contributed by atoms with van der Waals surface area (Å²) in [5.74, 6) is 1.94. The molecule has 1 amide bonds. The average molecular weight is 484 g/mol. The minimum absolute atomic E-state index is 0.0351. The first-order valence-electron chi connectivity index (χ1n) is 12.7. The summed E-state index contributed by atoms with van der Waals surface area (Å²) in [6, 6.07) is 4.94. The standard InChI is InChI=1S/C27H41N5O3/c1-8-20(28)31-22-16(4)29-24(15(2)3)32-14-19(23(33)27(22,32)7)30-25(34)17-10-9-11-18-21(17)35-13-12-26(18,5)6/h9-11,16,19,22-23,29,33H,8,12-14H2,1-7H3,(H2,28,31)(H,30,34). The third-order valence-electron chi connectivity index (χ3n) is 8.07. The van der Waals surface area contributed by atoms with E-state index in [1.54, 1.807) is 6.07 Å². The predicted octanol–water partition coefficient (Wildman–Crippen LogP) is 2.66. The summed E-state index contributed by atoms with van der Waals surface area (Å²) in [6.07, 6.45) is 0.695. The van der Waals surface area contributed by atoms with Crippen molar-refractivity contribution in [1.29, 1.82) is 0 Å². The van der Waals surface area contributed by atoms with Gasteiger partial charge in [-0.05, 0) is 51.2 Å². The van der Waals surface area contributed by atoms with Crippen LogP contribution >= 0.6 is 0 Å². The van der Waals surface area contributed by atoms with Crippen molar-refractivity contribution in [3.8, 4) is 5.75 Å². The first-order chi connectivity index (χ1) is 16.4. The van der Waals surface area contributed by atoms with Crippen LogP contribution in [0, 0.1) is 0 Å². The van der Waals surface area contributed by atoms with Gasteiger partial charge in [0.2, 0.25) is 0 Å². The highest BCUT2D eigenvalue weighted by molar-refractivity contribution is 5.98. The number of ether oxygens (including phenoxy) is 1. The molecule has 8 nitrogen and oxygen atoms in total.